The first kappa shape index (κ1) is 15.5. The molecule has 1 aliphatic rings. The van der Waals surface area contributed by atoms with Crippen molar-refractivity contribution >= 4 is 17.9 Å². The Morgan fingerprint density at radius 1 is 1.21 bits per heavy atom. The number of carboxylic acids is 1. The Labute approximate surface area is 112 Å². The van der Waals surface area contributed by atoms with Gasteiger partial charge in [-0.1, -0.05) is 26.2 Å². The molecule has 0 aliphatic heterocycles. The molecule has 0 radical (unpaired) electrons. The Balaban J connectivity index is 2.26. The molecule has 1 saturated carbocycles. The number of nitrogens with one attached hydrogen (secondary N) is 2. The van der Waals surface area contributed by atoms with Crippen molar-refractivity contribution in [3.63, 3.8) is 0 Å². The quantitative estimate of drug-likeness (QED) is 0.707. The van der Waals surface area contributed by atoms with E-state index in [0.29, 0.717) is 5.92 Å². The second kappa shape index (κ2) is 7.76. The molecule has 3 amide bonds. The summed E-state index contributed by atoms with van der Waals surface area (Å²) in [7, 11) is 0. The van der Waals surface area contributed by atoms with Gasteiger partial charge in [-0.25, -0.2) is 4.79 Å². The zero-order chi connectivity index (χ0) is 14.3. The molecule has 0 aromatic carbocycles. The molecule has 2 atom stereocenters. The third kappa shape index (κ3) is 6.22. The van der Waals surface area contributed by atoms with E-state index in [0.717, 1.165) is 25.7 Å². The van der Waals surface area contributed by atoms with Gasteiger partial charge in [-0.05, 0) is 18.8 Å². The first-order valence-corrected chi connectivity index (χ1v) is 6.83. The van der Waals surface area contributed by atoms with Crippen LogP contribution in [0.2, 0.25) is 0 Å². The molecule has 0 heterocycles. The number of urea groups is 1. The Bertz CT molecular complexity index is 344. The monoisotopic (exact) mass is 270 g/mol. The summed E-state index contributed by atoms with van der Waals surface area (Å²) < 4.78 is 0. The van der Waals surface area contributed by atoms with Gasteiger partial charge >= 0.3 is 12.0 Å². The average molecular weight is 270 g/mol. The molecule has 19 heavy (non-hydrogen) atoms. The van der Waals surface area contributed by atoms with Crippen LogP contribution in [-0.2, 0) is 9.59 Å². The maximum Gasteiger partial charge on any atom is 0.321 e. The van der Waals surface area contributed by atoms with Gasteiger partial charge in [-0.15, -0.1) is 0 Å². The SMILES string of the molecule is CCC1CCCC(NC(=O)NC(=O)CCC(=O)O)C1. The van der Waals surface area contributed by atoms with Crippen molar-refractivity contribution in [3.05, 3.63) is 0 Å². The van der Waals surface area contributed by atoms with Gasteiger partial charge in [-0.2, -0.15) is 0 Å². The van der Waals surface area contributed by atoms with Gasteiger partial charge in [0.05, 0.1) is 6.42 Å². The minimum atomic E-state index is -1.05. The molecule has 0 aromatic heterocycles. The zero-order valence-corrected chi connectivity index (χ0v) is 11.3. The molecule has 0 aromatic rings. The normalized spacial score (nSPS) is 22.6. The first-order chi connectivity index (χ1) is 9.01. The van der Waals surface area contributed by atoms with Crippen molar-refractivity contribution < 1.29 is 19.5 Å². The zero-order valence-electron chi connectivity index (χ0n) is 11.3. The summed E-state index contributed by atoms with van der Waals surface area (Å²) in [4.78, 5) is 33.2. The summed E-state index contributed by atoms with van der Waals surface area (Å²) in [6.07, 6.45) is 4.85. The molecule has 0 spiro atoms. The number of carbonyl (C=O) groups excluding carboxylic acids is 2. The van der Waals surface area contributed by atoms with E-state index in [4.69, 9.17) is 5.11 Å². The van der Waals surface area contributed by atoms with E-state index in [1.807, 2.05) is 0 Å². The van der Waals surface area contributed by atoms with Crippen LogP contribution in [0.5, 0.6) is 0 Å². The number of aliphatic carboxylic acids is 1. The van der Waals surface area contributed by atoms with Crippen molar-refractivity contribution in [1.29, 1.82) is 0 Å². The third-order valence-electron chi connectivity index (χ3n) is 3.51. The molecule has 6 heteroatoms. The van der Waals surface area contributed by atoms with E-state index in [-0.39, 0.29) is 18.9 Å². The van der Waals surface area contributed by atoms with Crippen molar-refractivity contribution in [1.82, 2.24) is 10.6 Å². The van der Waals surface area contributed by atoms with Crippen LogP contribution in [0.3, 0.4) is 0 Å². The highest BCUT2D eigenvalue weighted by atomic mass is 16.4. The molecule has 0 bridgehead atoms. The molecule has 1 aliphatic carbocycles. The predicted octanol–water partition coefficient (Wildman–Crippen LogP) is 1.65. The number of amides is 3. The van der Waals surface area contributed by atoms with Crippen molar-refractivity contribution in [3.8, 4) is 0 Å². The lowest BCUT2D eigenvalue weighted by Gasteiger charge is -2.28. The van der Waals surface area contributed by atoms with Crippen LogP contribution >= 0.6 is 0 Å². The summed E-state index contributed by atoms with van der Waals surface area (Å²) in [5, 5.41) is 13.4. The number of carboxylic acid groups (broad SMARTS) is 1. The number of rotatable bonds is 5. The molecular formula is C13H22N2O4. The molecule has 6 nitrogen and oxygen atoms in total. The molecule has 1 rings (SSSR count). The van der Waals surface area contributed by atoms with E-state index < -0.39 is 17.9 Å². The summed E-state index contributed by atoms with van der Waals surface area (Å²) >= 11 is 0. The topological polar surface area (TPSA) is 95.5 Å². The van der Waals surface area contributed by atoms with Crippen molar-refractivity contribution in [2.75, 3.05) is 0 Å². The van der Waals surface area contributed by atoms with Crippen LogP contribution in [0, 0.1) is 5.92 Å². The highest BCUT2D eigenvalue weighted by molar-refractivity contribution is 5.95. The fourth-order valence-corrected chi connectivity index (χ4v) is 2.42. The van der Waals surface area contributed by atoms with Crippen LogP contribution in [0.15, 0.2) is 0 Å². The maximum absolute atomic E-state index is 11.6. The van der Waals surface area contributed by atoms with Gasteiger partial charge in [0.25, 0.3) is 0 Å². The standard InChI is InChI=1S/C13H22N2O4/c1-2-9-4-3-5-10(8-9)14-13(19)15-11(16)6-7-12(17)18/h9-10H,2-8H2,1H3,(H,17,18)(H2,14,15,16,19). The lowest BCUT2D eigenvalue weighted by atomic mass is 9.84. The minimum absolute atomic E-state index is 0.117. The van der Waals surface area contributed by atoms with Crippen LogP contribution in [0.4, 0.5) is 4.79 Å². The second-order valence-corrected chi connectivity index (χ2v) is 5.05. The lowest BCUT2D eigenvalue weighted by molar-refractivity contribution is -0.138. The number of imide groups is 1. The number of hydrogen-bond donors (Lipinski definition) is 3. The number of carbonyl (C=O) groups is 3. The Hall–Kier alpha value is -1.59. The lowest BCUT2D eigenvalue weighted by Crippen LogP contribution is -2.46. The molecule has 108 valence electrons. The highest BCUT2D eigenvalue weighted by Gasteiger charge is 2.22. The fourth-order valence-electron chi connectivity index (χ4n) is 2.42. The van der Waals surface area contributed by atoms with Gasteiger partial charge in [0, 0.05) is 12.5 Å². The van der Waals surface area contributed by atoms with E-state index in [1.165, 1.54) is 6.42 Å². The Morgan fingerprint density at radius 2 is 1.95 bits per heavy atom. The minimum Gasteiger partial charge on any atom is -0.481 e. The van der Waals surface area contributed by atoms with Crippen LogP contribution in [0.25, 0.3) is 0 Å². The molecular weight excluding hydrogens is 248 g/mol. The molecule has 2 unspecified atom stereocenters. The van der Waals surface area contributed by atoms with Gasteiger partial charge in [0.1, 0.15) is 0 Å². The summed E-state index contributed by atoms with van der Waals surface area (Å²) in [5.74, 6) is -0.960. The van der Waals surface area contributed by atoms with Gasteiger partial charge in [-0.3, -0.25) is 14.9 Å². The second-order valence-electron chi connectivity index (χ2n) is 5.05. The predicted molar refractivity (Wildman–Crippen MR) is 69.6 cm³/mol. The summed E-state index contributed by atoms with van der Waals surface area (Å²) in [6.45, 7) is 2.14. The third-order valence-corrected chi connectivity index (χ3v) is 3.51. The average Bonchev–Trinajstić information content (AvgIpc) is 2.36. The molecule has 0 saturated heterocycles. The van der Waals surface area contributed by atoms with Crippen LogP contribution < -0.4 is 10.6 Å². The maximum atomic E-state index is 11.6. The van der Waals surface area contributed by atoms with E-state index in [2.05, 4.69) is 17.6 Å². The van der Waals surface area contributed by atoms with E-state index in [9.17, 15) is 14.4 Å². The fraction of sp³-hybridized carbons (Fsp3) is 0.769. The summed E-state index contributed by atoms with van der Waals surface area (Å²) in [5.41, 5.74) is 0. The Kier molecular flexibility index (Phi) is 6.32. The smallest absolute Gasteiger partial charge is 0.321 e. The first-order valence-electron chi connectivity index (χ1n) is 6.83. The Morgan fingerprint density at radius 3 is 2.58 bits per heavy atom. The van der Waals surface area contributed by atoms with E-state index in [1.54, 1.807) is 0 Å². The van der Waals surface area contributed by atoms with Gasteiger partial charge in [0.15, 0.2) is 0 Å². The number of hydrogen-bond acceptors (Lipinski definition) is 3. The van der Waals surface area contributed by atoms with Crippen LogP contribution in [0.1, 0.15) is 51.9 Å². The van der Waals surface area contributed by atoms with Crippen LogP contribution in [-0.4, -0.2) is 29.1 Å². The van der Waals surface area contributed by atoms with E-state index >= 15 is 0 Å². The molecule has 3 N–H and O–H groups in total. The van der Waals surface area contributed by atoms with Gasteiger partial charge < -0.3 is 10.4 Å². The van der Waals surface area contributed by atoms with Crippen molar-refractivity contribution in [2.45, 2.75) is 57.9 Å². The van der Waals surface area contributed by atoms with Gasteiger partial charge in [0.2, 0.25) is 5.91 Å². The molecule has 1 fully saturated rings. The summed E-state index contributed by atoms with van der Waals surface area (Å²) in [6, 6.07) is -0.400. The largest absolute Gasteiger partial charge is 0.481 e. The van der Waals surface area contributed by atoms with Crippen molar-refractivity contribution in [2.24, 2.45) is 5.92 Å². The highest BCUT2D eigenvalue weighted by Crippen LogP contribution is 2.26.